The number of benzene rings is 4. The van der Waals surface area contributed by atoms with Gasteiger partial charge >= 0.3 is 5.97 Å². The summed E-state index contributed by atoms with van der Waals surface area (Å²) in [5.41, 5.74) is 9.45. The number of esters is 1. The fourth-order valence-corrected chi connectivity index (χ4v) is 5.46. The van der Waals surface area contributed by atoms with Crippen molar-refractivity contribution < 1.29 is 23.7 Å². The van der Waals surface area contributed by atoms with E-state index in [1.54, 1.807) is 6.92 Å². The summed E-state index contributed by atoms with van der Waals surface area (Å²) in [6, 6.07) is 31.6. The van der Waals surface area contributed by atoms with Crippen LogP contribution in [0.2, 0.25) is 0 Å². The molecule has 0 N–H and O–H groups in total. The molecule has 0 amide bonds. The number of fused-ring (bicyclic) bond motifs is 2. The third-order valence-electron chi connectivity index (χ3n) is 7.55. The molecule has 1 aliphatic carbocycles. The standard InChI is InChI=1S/C38H40O5/c1-4-40-36(38(39)41-5-2)26-29-12-17-33(18-13-29)42-21-22-43-37-34-19-11-27(3)23-31(34)15-16-32-25-30(14-20-35(32)37)24-28-9-7-6-8-10-28/h6-20,23,25,36-37H,4-5,21-22,24,26H2,1-3H3. The minimum atomic E-state index is -0.608. The first kappa shape index (κ1) is 30.3. The first-order chi connectivity index (χ1) is 21.0. The maximum atomic E-state index is 12.2. The Morgan fingerprint density at radius 3 is 2.16 bits per heavy atom. The van der Waals surface area contributed by atoms with Crippen molar-refractivity contribution in [1.29, 1.82) is 0 Å². The van der Waals surface area contributed by atoms with Crippen molar-refractivity contribution in [2.45, 2.75) is 45.8 Å². The van der Waals surface area contributed by atoms with E-state index in [2.05, 4.69) is 85.8 Å². The Labute approximate surface area is 255 Å². The lowest BCUT2D eigenvalue weighted by Crippen LogP contribution is -2.28. The molecule has 0 spiro atoms. The van der Waals surface area contributed by atoms with Crippen LogP contribution < -0.4 is 4.74 Å². The fourth-order valence-electron chi connectivity index (χ4n) is 5.46. The highest BCUT2D eigenvalue weighted by Crippen LogP contribution is 2.36. The summed E-state index contributed by atoms with van der Waals surface area (Å²) in [4.78, 5) is 12.2. The van der Waals surface area contributed by atoms with E-state index >= 15 is 0 Å². The summed E-state index contributed by atoms with van der Waals surface area (Å²) in [6.45, 7) is 7.42. The van der Waals surface area contributed by atoms with Gasteiger partial charge in [0.15, 0.2) is 6.10 Å². The number of hydrogen-bond donors (Lipinski definition) is 0. The molecule has 43 heavy (non-hydrogen) atoms. The zero-order valence-electron chi connectivity index (χ0n) is 25.3. The van der Waals surface area contributed by atoms with Crippen LogP contribution in [-0.4, -0.2) is 38.5 Å². The van der Waals surface area contributed by atoms with Crippen molar-refractivity contribution in [1.82, 2.24) is 0 Å². The number of ether oxygens (including phenoxy) is 4. The number of rotatable bonds is 13. The zero-order valence-corrected chi connectivity index (χ0v) is 25.3. The lowest BCUT2D eigenvalue weighted by Gasteiger charge is -2.22. The van der Waals surface area contributed by atoms with Crippen LogP contribution in [0.4, 0.5) is 0 Å². The largest absolute Gasteiger partial charge is 0.491 e. The van der Waals surface area contributed by atoms with Crippen LogP contribution >= 0.6 is 0 Å². The molecule has 0 saturated carbocycles. The lowest BCUT2D eigenvalue weighted by atomic mass is 9.93. The highest BCUT2D eigenvalue weighted by molar-refractivity contribution is 5.77. The predicted octanol–water partition coefficient (Wildman–Crippen LogP) is 7.77. The Hall–Kier alpha value is -4.19. The first-order valence-corrected chi connectivity index (χ1v) is 15.1. The van der Waals surface area contributed by atoms with Gasteiger partial charge in [-0.25, -0.2) is 4.79 Å². The lowest BCUT2D eigenvalue weighted by molar-refractivity contribution is -0.156. The molecule has 5 heteroatoms. The van der Waals surface area contributed by atoms with Crippen molar-refractivity contribution >= 4 is 18.1 Å². The predicted molar refractivity (Wildman–Crippen MR) is 171 cm³/mol. The Balaban J connectivity index is 1.24. The van der Waals surface area contributed by atoms with Gasteiger partial charge in [-0.15, -0.1) is 0 Å². The minimum absolute atomic E-state index is 0.198. The Kier molecular flexibility index (Phi) is 10.4. The Bertz CT molecular complexity index is 1520. The zero-order chi connectivity index (χ0) is 30.0. The summed E-state index contributed by atoms with van der Waals surface area (Å²) < 4.78 is 23.3. The van der Waals surface area contributed by atoms with Crippen molar-refractivity contribution in [2.24, 2.45) is 0 Å². The summed E-state index contributed by atoms with van der Waals surface area (Å²) in [5, 5.41) is 0. The summed E-state index contributed by atoms with van der Waals surface area (Å²) in [6.07, 6.45) is 4.95. The summed E-state index contributed by atoms with van der Waals surface area (Å²) in [5.74, 6) is 0.419. The normalized spacial score (nSPS) is 14.3. The molecule has 0 fully saturated rings. The second kappa shape index (κ2) is 14.8. The van der Waals surface area contributed by atoms with Crippen molar-refractivity contribution in [2.75, 3.05) is 26.4 Å². The molecule has 5 nitrogen and oxygen atoms in total. The van der Waals surface area contributed by atoms with Crippen LogP contribution in [0.3, 0.4) is 0 Å². The van der Waals surface area contributed by atoms with E-state index in [0.29, 0.717) is 32.8 Å². The van der Waals surface area contributed by atoms with Gasteiger partial charge in [-0.05, 0) is 78.3 Å². The van der Waals surface area contributed by atoms with E-state index in [-0.39, 0.29) is 12.1 Å². The van der Waals surface area contributed by atoms with Gasteiger partial charge in [0.2, 0.25) is 0 Å². The molecule has 0 heterocycles. The van der Waals surface area contributed by atoms with Crippen molar-refractivity contribution in [3.05, 3.63) is 136 Å². The van der Waals surface area contributed by atoms with E-state index in [1.165, 1.54) is 27.8 Å². The maximum Gasteiger partial charge on any atom is 0.335 e. The average molecular weight is 577 g/mol. The molecule has 0 aliphatic heterocycles. The maximum absolute atomic E-state index is 12.2. The van der Waals surface area contributed by atoms with Gasteiger partial charge in [0.25, 0.3) is 0 Å². The highest BCUT2D eigenvalue weighted by Gasteiger charge is 2.23. The molecule has 2 atom stereocenters. The molecular formula is C38H40O5. The van der Waals surface area contributed by atoms with Crippen LogP contribution in [0.5, 0.6) is 5.75 Å². The molecule has 0 bridgehead atoms. The second-order valence-electron chi connectivity index (χ2n) is 10.7. The molecule has 0 radical (unpaired) electrons. The minimum Gasteiger partial charge on any atom is -0.491 e. The Morgan fingerprint density at radius 2 is 1.44 bits per heavy atom. The van der Waals surface area contributed by atoms with Crippen LogP contribution in [-0.2, 0) is 31.8 Å². The quantitative estimate of drug-likeness (QED) is 0.120. The van der Waals surface area contributed by atoms with E-state index in [1.807, 2.05) is 31.2 Å². The van der Waals surface area contributed by atoms with E-state index < -0.39 is 6.10 Å². The third-order valence-corrected chi connectivity index (χ3v) is 7.55. The fraction of sp³-hybridized carbons (Fsp3) is 0.289. The average Bonchev–Trinajstić information content (AvgIpc) is 3.16. The van der Waals surface area contributed by atoms with Crippen molar-refractivity contribution in [3.63, 3.8) is 0 Å². The topological polar surface area (TPSA) is 54.0 Å². The van der Waals surface area contributed by atoms with Gasteiger partial charge in [-0.1, -0.05) is 96.6 Å². The molecule has 4 aromatic carbocycles. The SMILES string of the molecule is CCOC(=O)C(Cc1ccc(OCCOC2c3ccc(C)cc3C=Cc3cc(Cc4ccccc4)ccc32)cc1)OCC. The number of hydrogen-bond acceptors (Lipinski definition) is 5. The molecule has 1 aliphatic rings. The second-order valence-corrected chi connectivity index (χ2v) is 10.7. The van der Waals surface area contributed by atoms with Gasteiger partial charge in [0.1, 0.15) is 18.5 Å². The molecule has 0 saturated heterocycles. The van der Waals surface area contributed by atoms with E-state index in [4.69, 9.17) is 18.9 Å². The van der Waals surface area contributed by atoms with Gasteiger partial charge in [0, 0.05) is 13.0 Å². The number of aryl methyl sites for hydroxylation is 1. The summed E-state index contributed by atoms with van der Waals surface area (Å²) >= 11 is 0. The van der Waals surface area contributed by atoms with Gasteiger partial charge < -0.3 is 18.9 Å². The highest BCUT2D eigenvalue weighted by atomic mass is 16.6. The molecule has 4 aromatic rings. The van der Waals surface area contributed by atoms with E-state index in [9.17, 15) is 4.79 Å². The monoisotopic (exact) mass is 576 g/mol. The number of carbonyl (C=O) groups excluding carboxylic acids is 1. The van der Waals surface area contributed by atoms with Crippen molar-refractivity contribution in [3.8, 4) is 5.75 Å². The first-order valence-electron chi connectivity index (χ1n) is 15.1. The smallest absolute Gasteiger partial charge is 0.335 e. The molecule has 2 unspecified atom stereocenters. The van der Waals surface area contributed by atoms with E-state index in [0.717, 1.165) is 28.9 Å². The number of carbonyl (C=O) groups is 1. The molecule has 0 aromatic heterocycles. The molecular weight excluding hydrogens is 536 g/mol. The van der Waals surface area contributed by atoms with Crippen LogP contribution in [0.25, 0.3) is 12.2 Å². The van der Waals surface area contributed by atoms with Gasteiger partial charge in [-0.2, -0.15) is 0 Å². The van der Waals surface area contributed by atoms with Crippen LogP contribution in [0, 0.1) is 6.92 Å². The Morgan fingerprint density at radius 1 is 0.744 bits per heavy atom. The molecule has 5 rings (SSSR count). The van der Waals surface area contributed by atoms with Crippen LogP contribution in [0.1, 0.15) is 64.5 Å². The van der Waals surface area contributed by atoms with Gasteiger partial charge in [0.05, 0.1) is 13.2 Å². The van der Waals surface area contributed by atoms with Crippen LogP contribution in [0.15, 0.2) is 91.0 Å². The summed E-state index contributed by atoms with van der Waals surface area (Å²) in [7, 11) is 0. The third kappa shape index (κ3) is 8.01. The van der Waals surface area contributed by atoms with Gasteiger partial charge in [-0.3, -0.25) is 0 Å². The molecule has 222 valence electrons.